The minimum Gasteiger partial charge on any atom is -0.322 e. The zero-order valence-corrected chi connectivity index (χ0v) is 15.8. The van der Waals surface area contributed by atoms with Gasteiger partial charge in [-0.1, -0.05) is 12.1 Å². The van der Waals surface area contributed by atoms with E-state index in [1.807, 2.05) is 24.3 Å². The van der Waals surface area contributed by atoms with E-state index >= 15 is 0 Å². The summed E-state index contributed by atoms with van der Waals surface area (Å²) in [5, 5.41) is 8.36. The summed E-state index contributed by atoms with van der Waals surface area (Å²) in [6, 6.07) is 9.14. The fourth-order valence-corrected chi connectivity index (χ4v) is 4.37. The van der Waals surface area contributed by atoms with E-state index in [9.17, 15) is 9.18 Å². The summed E-state index contributed by atoms with van der Waals surface area (Å²) in [5.41, 5.74) is 10.4. The van der Waals surface area contributed by atoms with Crippen LogP contribution in [0.1, 0.15) is 58.3 Å². The number of hydrogen-bond donors (Lipinski definition) is 2. The van der Waals surface area contributed by atoms with Crippen LogP contribution in [-0.2, 0) is 13.0 Å². The summed E-state index contributed by atoms with van der Waals surface area (Å²) in [6.07, 6.45) is 2.84. The van der Waals surface area contributed by atoms with E-state index in [-0.39, 0.29) is 11.5 Å². The van der Waals surface area contributed by atoms with Gasteiger partial charge < -0.3 is 10.6 Å². The van der Waals surface area contributed by atoms with Gasteiger partial charge in [0.15, 0.2) is 5.84 Å². The third-order valence-electron chi connectivity index (χ3n) is 6.02. The molecule has 28 heavy (non-hydrogen) atoms. The van der Waals surface area contributed by atoms with Crippen LogP contribution in [0, 0.1) is 11.2 Å². The normalized spacial score (nSPS) is 20.3. The average molecular weight is 377 g/mol. The van der Waals surface area contributed by atoms with Gasteiger partial charge in [-0.2, -0.15) is 5.41 Å². The molecule has 1 amide bonds. The van der Waals surface area contributed by atoms with Crippen molar-refractivity contribution in [1.29, 1.82) is 5.41 Å². The second-order valence-corrected chi connectivity index (χ2v) is 7.90. The van der Waals surface area contributed by atoms with Crippen molar-refractivity contribution in [1.82, 2.24) is 0 Å². The van der Waals surface area contributed by atoms with Crippen LogP contribution in [-0.4, -0.2) is 28.7 Å². The van der Waals surface area contributed by atoms with Gasteiger partial charge in [0.05, 0.1) is 23.4 Å². The molecular formula is C22H22FN4O+. The molecule has 142 valence electrons. The molecule has 3 aliphatic rings. The number of nitrogens with one attached hydrogen (secondary N) is 1. The Balaban J connectivity index is 1.56. The van der Waals surface area contributed by atoms with E-state index in [1.54, 1.807) is 16.4 Å². The largest absolute Gasteiger partial charge is 0.322 e. The van der Waals surface area contributed by atoms with E-state index in [4.69, 9.17) is 11.1 Å². The maximum atomic E-state index is 14.9. The highest BCUT2D eigenvalue weighted by atomic mass is 19.1. The number of carbonyl (C=O) groups is 1. The molecule has 5 nitrogen and oxygen atoms in total. The van der Waals surface area contributed by atoms with Crippen LogP contribution in [0.25, 0.3) is 0 Å². The highest BCUT2D eigenvalue weighted by molar-refractivity contribution is 6.10. The monoisotopic (exact) mass is 377 g/mol. The zero-order chi connectivity index (χ0) is 19.6. The lowest BCUT2D eigenvalue weighted by Gasteiger charge is -2.30. The third kappa shape index (κ3) is 2.47. The molecule has 0 saturated heterocycles. The van der Waals surface area contributed by atoms with Crippen molar-refractivity contribution >= 4 is 23.3 Å². The van der Waals surface area contributed by atoms with E-state index in [0.29, 0.717) is 37.1 Å². The quantitative estimate of drug-likeness (QED) is 0.623. The Morgan fingerprint density at radius 3 is 2.82 bits per heavy atom. The molecule has 5 rings (SSSR count). The highest BCUT2D eigenvalue weighted by Gasteiger charge is 2.36. The zero-order valence-electron chi connectivity index (χ0n) is 15.8. The number of anilines is 1. The van der Waals surface area contributed by atoms with Crippen LogP contribution in [0.2, 0.25) is 0 Å². The Morgan fingerprint density at radius 1 is 1.32 bits per heavy atom. The van der Waals surface area contributed by atoms with Gasteiger partial charge in [-0.05, 0) is 54.5 Å². The van der Waals surface area contributed by atoms with E-state index in [2.05, 4.69) is 0 Å². The fourth-order valence-electron chi connectivity index (χ4n) is 4.37. The fraction of sp³-hybridized carbons (Fsp3) is 0.318. The SMILES string of the molecule is CC(N)=[N+]1Cc2c(cccc2N2CCc3cc(C4CC4)cc(F)c3C2=O)C1=N. The number of hydrogen-bond acceptors (Lipinski definition) is 2. The lowest BCUT2D eigenvalue weighted by molar-refractivity contribution is -0.420. The smallest absolute Gasteiger partial charge is 0.262 e. The first-order valence-electron chi connectivity index (χ1n) is 9.67. The number of benzene rings is 2. The van der Waals surface area contributed by atoms with Gasteiger partial charge in [-0.25, -0.2) is 8.97 Å². The Bertz CT molecular complexity index is 1080. The van der Waals surface area contributed by atoms with Crippen LogP contribution in [0.3, 0.4) is 0 Å². The lowest BCUT2D eigenvalue weighted by atomic mass is 9.93. The Kier molecular flexibility index (Phi) is 3.66. The molecule has 0 unspecified atom stereocenters. The predicted octanol–water partition coefficient (Wildman–Crippen LogP) is 3.13. The van der Waals surface area contributed by atoms with Crippen LogP contribution in [0.15, 0.2) is 30.3 Å². The van der Waals surface area contributed by atoms with Gasteiger partial charge in [0.25, 0.3) is 11.7 Å². The van der Waals surface area contributed by atoms with Crippen molar-refractivity contribution in [2.24, 2.45) is 5.73 Å². The van der Waals surface area contributed by atoms with Gasteiger partial charge in [-0.3, -0.25) is 4.79 Å². The molecule has 6 heteroatoms. The lowest BCUT2D eigenvalue weighted by Crippen LogP contribution is -2.39. The van der Waals surface area contributed by atoms with Gasteiger partial charge in [0.2, 0.25) is 0 Å². The molecule has 2 aromatic rings. The first kappa shape index (κ1) is 17.1. The second kappa shape index (κ2) is 5.99. The third-order valence-corrected chi connectivity index (χ3v) is 6.02. The number of amidine groups is 2. The molecular weight excluding hydrogens is 355 g/mol. The Hall–Kier alpha value is -3.02. The number of fused-ring (bicyclic) bond motifs is 2. The first-order valence-corrected chi connectivity index (χ1v) is 9.67. The number of nitrogens with zero attached hydrogens (tertiary/aromatic N) is 2. The summed E-state index contributed by atoms with van der Waals surface area (Å²) in [6.45, 7) is 2.72. The average Bonchev–Trinajstić information content (AvgIpc) is 3.45. The molecule has 2 aliphatic heterocycles. The predicted molar refractivity (Wildman–Crippen MR) is 106 cm³/mol. The highest BCUT2D eigenvalue weighted by Crippen LogP contribution is 2.42. The van der Waals surface area contributed by atoms with Crippen molar-refractivity contribution in [2.75, 3.05) is 11.4 Å². The van der Waals surface area contributed by atoms with Gasteiger partial charge in [-0.15, -0.1) is 0 Å². The molecule has 2 heterocycles. The molecule has 1 saturated carbocycles. The molecule has 3 N–H and O–H groups in total. The second-order valence-electron chi connectivity index (χ2n) is 7.90. The topological polar surface area (TPSA) is 73.2 Å². The molecule has 1 aliphatic carbocycles. The van der Waals surface area contributed by atoms with E-state index in [1.165, 1.54) is 6.07 Å². The summed E-state index contributed by atoms with van der Waals surface area (Å²) in [5.74, 6) is 0.622. The van der Waals surface area contributed by atoms with Gasteiger partial charge in [0, 0.05) is 19.0 Å². The van der Waals surface area contributed by atoms with Crippen molar-refractivity contribution in [3.8, 4) is 0 Å². The molecule has 2 aromatic carbocycles. The van der Waals surface area contributed by atoms with E-state index < -0.39 is 5.82 Å². The van der Waals surface area contributed by atoms with E-state index in [0.717, 1.165) is 40.8 Å². The Labute approximate surface area is 162 Å². The summed E-state index contributed by atoms with van der Waals surface area (Å²) in [4.78, 5) is 14.9. The first-order chi connectivity index (χ1) is 13.5. The van der Waals surface area contributed by atoms with Crippen LogP contribution in [0.5, 0.6) is 0 Å². The number of amides is 1. The minimum atomic E-state index is -0.415. The number of carbonyl (C=O) groups excluding carboxylic acids is 1. The summed E-state index contributed by atoms with van der Waals surface area (Å²) >= 11 is 0. The van der Waals surface area contributed by atoms with Crippen molar-refractivity contribution in [2.45, 2.75) is 38.6 Å². The summed E-state index contributed by atoms with van der Waals surface area (Å²) in [7, 11) is 0. The summed E-state index contributed by atoms with van der Waals surface area (Å²) < 4.78 is 16.6. The maximum absolute atomic E-state index is 14.9. The maximum Gasteiger partial charge on any atom is 0.262 e. The van der Waals surface area contributed by atoms with Crippen LogP contribution in [0.4, 0.5) is 10.1 Å². The van der Waals surface area contributed by atoms with Crippen molar-refractivity contribution < 1.29 is 13.8 Å². The molecule has 0 spiro atoms. The molecule has 1 fully saturated rings. The van der Waals surface area contributed by atoms with Gasteiger partial charge in [0.1, 0.15) is 5.82 Å². The molecule has 0 bridgehead atoms. The van der Waals surface area contributed by atoms with Crippen LogP contribution < -0.4 is 10.6 Å². The van der Waals surface area contributed by atoms with Crippen molar-refractivity contribution in [3.63, 3.8) is 0 Å². The molecule has 0 atom stereocenters. The minimum absolute atomic E-state index is 0.194. The Morgan fingerprint density at radius 2 is 2.11 bits per heavy atom. The standard InChI is InChI=1S/C22H21FN4O/c1-12(24)27-11-17-16(21(27)25)3-2-4-19(17)26-8-7-14-9-15(13-5-6-13)10-18(23)20(14)22(26)28/h2-4,9-10,13,24-25H,5-8,11H2,1H3/p+1. The number of halogens is 1. The number of nitrogens with two attached hydrogens (primary N) is 1. The van der Waals surface area contributed by atoms with Crippen molar-refractivity contribution in [3.05, 3.63) is 64.0 Å². The number of rotatable bonds is 2. The molecule has 0 aromatic heterocycles. The van der Waals surface area contributed by atoms with Crippen LogP contribution >= 0.6 is 0 Å². The molecule has 0 radical (unpaired) electrons. The van der Waals surface area contributed by atoms with Gasteiger partial charge >= 0.3 is 0 Å².